The molecule has 60 valence electrons. The van der Waals surface area contributed by atoms with Gasteiger partial charge in [0.05, 0.1) is 11.8 Å². The van der Waals surface area contributed by atoms with Crippen molar-refractivity contribution in [3.05, 3.63) is 29.0 Å². The maximum atomic E-state index is 10.3. The molecule has 0 fully saturated rings. The predicted octanol–water partition coefficient (Wildman–Crippen LogP) is 1.54. The Hall–Kier alpha value is -1.40. The van der Waals surface area contributed by atoms with Crippen molar-refractivity contribution in [2.45, 2.75) is 5.92 Å². The third-order valence-electron chi connectivity index (χ3n) is 1.33. The third-order valence-corrected chi connectivity index (χ3v) is 1.54. The minimum absolute atomic E-state index is 0.287. The van der Waals surface area contributed by atoms with Gasteiger partial charge in [-0.05, 0) is 12.1 Å². The van der Waals surface area contributed by atoms with E-state index in [1.54, 1.807) is 24.3 Å². The Balaban J connectivity index is 3.03. The van der Waals surface area contributed by atoms with Crippen molar-refractivity contribution >= 4 is 17.9 Å². The fourth-order valence-electron chi connectivity index (χ4n) is 0.763. The van der Waals surface area contributed by atoms with Crippen LogP contribution >= 0.6 is 11.6 Å². The molecule has 0 amide bonds. The summed E-state index contributed by atoms with van der Waals surface area (Å²) in [5.41, 5.74) is 0.389. The van der Waals surface area contributed by atoms with Gasteiger partial charge in [-0.25, -0.2) is 4.98 Å². The van der Waals surface area contributed by atoms with Crippen LogP contribution < -0.4 is 0 Å². The molecule has 1 aromatic heterocycles. The lowest BCUT2D eigenvalue weighted by molar-refractivity contribution is -0.108. The molecule has 0 saturated heterocycles. The highest BCUT2D eigenvalue weighted by Crippen LogP contribution is 2.12. The minimum Gasteiger partial charge on any atom is -0.301 e. The Morgan fingerprint density at radius 1 is 1.67 bits per heavy atom. The number of carbonyl (C=O) groups is 1. The molecule has 1 rings (SSSR count). The van der Waals surface area contributed by atoms with Crippen molar-refractivity contribution in [1.29, 1.82) is 5.26 Å². The minimum atomic E-state index is -0.816. The van der Waals surface area contributed by atoms with E-state index in [1.807, 2.05) is 0 Å². The summed E-state index contributed by atoms with van der Waals surface area (Å²) in [4.78, 5) is 14.2. The third kappa shape index (κ3) is 1.80. The summed E-state index contributed by atoms with van der Waals surface area (Å²) < 4.78 is 0. The molecule has 3 nitrogen and oxygen atoms in total. The molecule has 1 heterocycles. The lowest BCUT2D eigenvalue weighted by Gasteiger charge is -1.99. The molecule has 0 aliphatic carbocycles. The van der Waals surface area contributed by atoms with Crippen LogP contribution in [-0.2, 0) is 4.79 Å². The van der Waals surface area contributed by atoms with Crippen molar-refractivity contribution in [3.8, 4) is 6.07 Å². The number of aromatic nitrogens is 1. The first-order valence-corrected chi connectivity index (χ1v) is 3.63. The van der Waals surface area contributed by atoms with Crippen LogP contribution in [0.5, 0.6) is 0 Å². The number of carbonyl (C=O) groups excluding carboxylic acids is 1. The van der Waals surface area contributed by atoms with Gasteiger partial charge < -0.3 is 4.79 Å². The zero-order chi connectivity index (χ0) is 8.97. The van der Waals surface area contributed by atoms with Crippen LogP contribution in [0.3, 0.4) is 0 Å². The predicted molar refractivity (Wildman–Crippen MR) is 43.7 cm³/mol. The summed E-state index contributed by atoms with van der Waals surface area (Å²) in [6.45, 7) is 0. The van der Waals surface area contributed by atoms with E-state index in [2.05, 4.69) is 4.98 Å². The molecule has 0 saturated carbocycles. The van der Waals surface area contributed by atoms with E-state index >= 15 is 0 Å². The van der Waals surface area contributed by atoms with Gasteiger partial charge in [-0.15, -0.1) is 0 Å². The number of rotatable bonds is 2. The van der Waals surface area contributed by atoms with Gasteiger partial charge in [0.25, 0.3) is 0 Å². The Morgan fingerprint density at radius 3 is 2.92 bits per heavy atom. The normalized spacial score (nSPS) is 11.7. The highest BCUT2D eigenvalue weighted by molar-refractivity contribution is 6.29. The lowest BCUT2D eigenvalue weighted by Crippen LogP contribution is -1.99. The van der Waals surface area contributed by atoms with Gasteiger partial charge in [-0.1, -0.05) is 17.7 Å². The molecule has 0 bridgehead atoms. The summed E-state index contributed by atoms with van der Waals surface area (Å²) in [7, 11) is 0. The maximum absolute atomic E-state index is 10.3. The van der Waals surface area contributed by atoms with E-state index < -0.39 is 5.92 Å². The summed E-state index contributed by atoms with van der Waals surface area (Å²) in [5.74, 6) is -0.816. The molecule has 0 aromatic carbocycles. The van der Waals surface area contributed by atoms with Crippen molar-refractivity contribution in [1.82, 2.24) is 4.98 Å². The van der Waals surface area contributed by atoms with Gasteiger partial charge in [0, 0.05) is 0 Å². The topological polar surface area (TPSA) is 53.8 Å². The van der Waals surface area contributed by atoms with Crippen LogP contribution in [0, 0.1) is 11.3 Å². The Kier molecular flexibility index (Phi) is 2.78. The van der Waals surface area contributed by atoms with Gasteiger partial charge in [0.2, 0.25) is 0 Å². The zero-order valence-corrected chi connectivity index (χ0v) is 6.82. The second-order valence-electron chi connectivity index (χ2n) is 2.13. The number of hydrogen-bond acceptors (Lipinski definition) is 3. The fraction of sp³-hybridized carbons (Fsp3) is 0.125. The van der Waals surface area contributed by atoms with Crippen LogP contribution in [0.25, 0.3) is 0 Å². The second kappa shape index (κ2) is 3.84. The number of pyridine rings is 1. The summed E-state index contributed by atoms with van der Waals surface area (Å²) >= 11 is 5.57. The molecule has 1 unspecified atom stereocenters. The first kappa shape index (κ1) is 8.69. The molecular weight excluding hydrogens is 176 g/mol. The Morgan fingerprint density at radius 2 is 2.42 bits per heavy atom. The monoisotopic (exact) mass is 180 g/mol. The van der Waals surface area contributed by atoms with Crippen molar-refractivity contribution in [2.75, 3.05) is 0 Å². The van der Waals surface area contributed by atoms with E-state index in [0.717, 1.165) is 0 Å². The molecule has 1 atom stereocenters. The van der Waals surface area contributed by atoms with Crippen LogP contribution in [0.2, 0.25) is 5.15 Å². The summed E-state index contributed by atoms with van der Waals surface area (Å²) in [6, 6.07) is 6.64. The molecule has 1 aromatic rings. The van der Waals surface area contributed by atoms with Crippen LogP contribution in [0.1, 0.15) is 11.6 Å². The Labute approximate surface area is 74.6 Å². The van der Waals surface area contributed by atoms with E-state index in [-0.39, 0.29) is 5.15 Å². The summed E-state index contributed by atoms with van der Waals surface area (Å²) in [5, 5.41) is 8.79. The summed E-state index contributed by atoms with van der Waals surface area (Å²) in [6.07, 6.45) is 0.540. The average molecular weight is 181 g/mol. The lowest BCUT2D eigenvalue weighted by atomic mass is 10.1. The van der Waals surface area contributed by atoms with Crippen molar-refractivity contribution < 1.29 is 4.79 Å². The van der Waals surface area contributed by atoms with Gasteiger partial charge in [0.15, 0.2) is 0 Å². The van der Waals surface area contributed by atoms with Crippen molar-refractivity contribution in [2.24, 2.45) is 0 Å². The molecule has 0 radical (unpaired) electrons. The van der Waals surface area contributed by atoms with Crippen LogP contribution in [0.15, 0.2) is 18.2 Å². The SMILES string of the molecule is N#CC(C=O)c1cccc(Cl)n1. The second-order valence-corrected chi connectivity index (χ2v) is 2.52. The quantitative estimate of drug-likeness (QED) is 0.513. The van der Waals surface area contributed by atoms with Gasteiger partial charge in [-0.3, -0.25) is 0 Å². The maximum Gasteiger partial charge on any atom is 0.144 e. The van der Waals surface area contributed by atoms with E-state index in [1.165, 1.54) is 0 Å². The van der Waals surface area contributed by atoms with Gasteiger partial charge >= 0.3 is 0 Å². The molecule has 0 spiro atoms. The average Bonchev–Trinajstić information content (AvgIpc) is 2.07. The number of hydrogen-bond donors (Lipinski definition) is 0. The number of nitriles is 1. The molecule has 0 aliphatic heterocycles. The smallest absolute Gasteiger partial charge is 0.144 e. The molecule has 0 N–H and O–H groups in total. The number of nitrogens with zero attached hydrogens (tertiary/aromatic N) is 2. The molecule has 12 heavy (non-hydrogen) atoms. The molecule has 4 heteroatoms. The molecule has 0 aliphatic rings. The first-order chi connectivity index (χ1) is 5.77. The van der Waals surface area contributed by atoms with Gasteiger partial charge in [-0.2, -0.15) is 5.26 Å². The molecular formula is C8H5ClN2O. The van der Waals surface area contributed by atoms with Crippen molar-refractivity contribution in [3.63, 3.8) is 0 Å². The van der Waals surface area contributed by atoms with E-state index in [9.17, 15) is 4.79 Å². The standard InChI is InChI=1S/C8H5ClN2O/c9-8-3-1-2-7(11-8)6(4-10)5-12/h1-3,5-6H. The highest BCUT2D eigenvalue weighted by Gasteiger charge is 2.09. The van der Waals surface area contributed by atoms with Crippen LogP contribution in [0.4, 0.5) is 0 Å². The zero-order valence-electron chi connectivity index (χ0n) is 6.07. The largest absolute Gasteiger partial charge is 0.301 e. The highest BCUT2D eigenvalue weighted by atomic mass is 35.5. The Bertz CT molecular complexity index is 332. The van der Waals surface area contributed by atoms with Gasteiger partial charge in [0.1, 0.15) is 17.4 Å². The van der Waals surface area contributed by atoms with Crippen LogP contribution in [-0.4, -0.2) is 11.3 Å². The van der Waals surface area contributed by atoms with E-state index in [4.69, 9.17) is 16.9 Å². The first-order valence-electron chi connectivity index (χ1n) is 3.25. The number of halogens is 1. The fourth-order valence-corrected chi connectivity index (χ4v) is 0.934. The van der Waals surface area contributed by atoms with E-state index in [0.29, 0.717) is 12.0 Å². The number of aldehydes is 1.